The van der Waals surface area contributed by atoms with Crippen molar-refractivity contribution >= 4 is 23.2 Å². The number of hydrogen-bond acceptors (Lipinski definition) is 2. The first kappa shape index (κ1) is 23.0. The number of rotatable bonds is 7. The number of hydrogen-bond donors (Lipinski definition) is 2. The molecule has 0 aliphatic heterocycles. The third kappa shape index (κ3) is 6.20. The lowest BCUT2D eigenvalue weighted by atomic mass is 10.0. The Bertz CT molecular complexity index is 1310. The number of aryl methyl sites for hydroxylation is 4. The Morgan fingerprint density at radius 2 is 1.09 bits per heavy atom. The van der Waals surface area contributed by atoms with Crippen LogP contribution in [0, 0.1) is 13.8 Å². The van der Waals surface area contributed by atoms with Crippen molar-refractivity contribution in [2.75, 3.05) is 10.6 Å². The van der Waals surface area contributed by atoms with Gasteiger partial charge in [-0.1, -0.05) is 54.1 Å². The lowest BCUT2D eigenvalue weighted by molar-refractivity contribution is 0.101. The van der Waals surface area contributed by atoms with E-state index in [1.165, 1.54) is 0 Å². The second-order valence-corrected chi connectivity index (χ2v) is 8.54. The number of carbonyl (C=O) groups excluding carboxylic acids is 2. The number of benzene rings is 4. The zero-order valence-corrected chi connectivity index (χ0v) is 19.5. The number of amides is 2. The first-order chi connectivity index (χ1) is 16.5. The lowest BCUT2D eigenvalue weighted by Gasteiger charge is -2.09. The van der Waals surface area contributed by atoms with Gasteiger partial charge in [0.1, 0.15) is 0 Å². The molecule has 4 aromatic carbocycles. The first-order valence-electron chi connectivity index (χ1n) is 11.4. The lowest BCUT2D eigenvalue weighted by Crippen LogP contribution is -2.12. The third-order valence-electron chi connectivity index (χ3n) is 5.67. The summed E-state index contributed by atoms with van der Waals surface area (Å²) in [6.07, 6.45) is 1.54. The predicted molar refractivity (Wildman–Crippen MR) is 139 cm³/mol. The monoisotopic (exact) mass is 448 g/mol. The summed E-state index contributed by atoms with van der Waals surface area (Å²) in [4.78, 5) is 25.3. The minimum Gasteiger partial charge on any atom is -0.322 e. The average Bonchev–Trinajstić information content (AvgIpc) is 2.84. The molecule has 4 aromatic rings. The van der Waals surface area contributed by atoms with Gasteiger partial charge in [0.05, 0.1) is 0 Å². The minimum atomic E-state index is -0.125. The summed E-state index contributed by atoms with van der Waals surface area (Å²) in [5.41, 5.74) is 7.23. The third-order valence-corrected chi connectivity index (χ3v) is 5.67. The number of nitrogens with one attached hydrogen (secondary N) is 2. The van der Waals surface area contributed by atoms with Gasteiger partial charge in [-0.2, -0.15) is 0 Å². The van der Waals surface area contributed by atoms with Crippen molar-refractivity contribution in [2.24, 2.45) is 0 Å². The molecule has 4 rings (SSSR count). The van der Waals surface area contributed by atoms with Gasteiger partial charge in [-0.05, 0) is 91.9 Å². The molecule has 0 spiro atoms. The molecule has 4 heteroatoms. The fourth-order valence-electron chi connectivity index (χ4n) is 3.79. The summed E-state index contributed by atoms with van der Waals surface area (Å²) < 4.78 is 0. The first-order valence-corrected chi connectivity index (χ1v) is 11.4. The van der Waals surface area contributed by atoms with Crippen LogP contribution >= 0.6 is 0 Å². The van der Waals surface area contributed by atoms with E-state index in [2.05, 4.69) is 10.6 Å². The molecule has 0 bridgehead atoms. The number of carbonyl (C=O) groups is 2. The summed E-state index contributed by atoms with van der Waals surface area (Å²) >= 11 is 0. The van der Waals surface area contributed by atoms with E-state index in [9.17, 15) is 9.59 Å². The fourth-order valence-corrected chi connectivity index (χ4v) is 3.79. The Morgan fingerprint density at radius 3 is 1.65 bits per heavy atom. The second-order valence-electron chi connectivity index (χ2n) is 8.54. The van der Waals surface area contributed by atoms with E-state index >= 15 is 0 Å². The Hall–Kier alpha value is -4.18. The van der Waals surface area contributed by atoms with Crippen molar-refractivity contribution < 1.29 is 9.59 Å². The molecular formula is C30H28N2O2. The van der Waals surface area contributed by atoms with Crippen molar-refractivity contribution in [3.63, 3.8) is 0 Å². The van der Waals surface area contributed by atoms with Crippen molar-refractivity contribution in [1.82, 2.24) is 0 Å². The molecule has 4 nitrogen and oxygen atoms in total. The van der Waals surface area contributed by atoms with Crippen LogP contribution in [0.5, 0.6) is 0 Å². The van der Waals surface area contributed by atoms with Gasteiger partial charge in [-0.25, -0.2) is 0 Å². The molecule has 0 unspecified atom stereocenters. The molecule has 2 amide bonds. The van der Waals surface area contributed by atoms with Crippen molar-refractivity contribution in [1.29, 1.82) is 0 Å². The summed E-state index contributed by atoms with van der Waals surface area (Å²) in [7, 11) is 0. The second kappa shape index (κ2) is 10.6. The smallest absolute Gasteiger partial charge is 0.255 e. The minimum absolute atomic E-state index is 0.123. The molecule has 34 heavy (non-hydrogen) atoms. The normalized spacial score (nSPS) is 10.5. The largest absolute Gasteiger partial charge is 0.322 e. The zero-order chi connectivity index (χ0) is 23.9. The molecule has 0 aliphatic rings. The Balaban J connectivity index is 1.38. The maximum Gasteiger partial charge on any atom is 0.255 e. The van der Waals surface area contributed by atoms with E-state index in [-0.39, 0.29) is 11.8 Å². The van der Waals surface area contributed by atoms with E-state index < -0.39 is 0 Å². The van der Waals surface area contributed by atoms with Crippen molar-refractivity contribution in [3.05, 3.63) is 130 Å². The molecule has 0 heterocycles. The highest BCUT2D eigenvalue weighted by molar-refractivity contribution is 6.05. The Kier molecular flexibility index (Phi) is 7.19. The van der Waals surface area contributed by atoms with Crippen LogP contribution in [0.25, 0.3) is 0 Å². The highest BCUT2D eigenvalue weighted by Crippen LogP contribution is 2.16. The summed E-state index contributed by atoms with van der Waals surface area (Å²) in [6.45, 7) is 4.01. The topological polar surface area (TPSA) is 58.2 Å². The molecule has 0 radical (unpaired) electrons. The van der Waals surface area contributed by atoms with Gasteiger partial charge in [0.25, 0.3) is 11.8 Å². The molecule has 0 aliphatic carbocycles. The zero-order valence-electron chi connectivity index (χ0n) is 19.5. The summed E-state index contributed by atoms with van der Waals surface area (Å²) in [5, 5.41) is 5.91. The summed E-state index contributed by atoms with van der Waals surface area (Å²) in [6, 6.07) is 30.9. The fraction of sp³-hybridized carbons (Fsp3) is 0.133. The predicted octanol–water partition coefficient (Wildman–Crippen LogP) is 6.59. The van der Waals surface area contributed by atoms with Crippen molar-refractivity contribution in [3.8, 4) is 0 Å². The SMILES string of the molecule is Cc1ccc(NC(=O)c2cccc(CCc3cccc(C(=O)Nc4cccc(C)c4)c3)c2)cc1. The molecule has 0 saturated heterocycles. The Labute approximate surface area is 200 Å². The standard InChI is InChI=1S/C30H28N2O2/c1-21-12-16-27(17-13-21)31-29(33)25-9-4-7-23(19-25)14-15-24-8-5-10-26(20-24)30(34)32-28-11-3-6-22(2)18-28/h3-13,16-20H,14-15H2,1-2H3,(H,31,33)(H,32,34). The Morgan fingerprint density at radius 1 is 0.559 bits per heavy atom. The average molecular weight is 449 g/mol. The maximum atomic E-state index is 12.7. The van der Waals surface area contributed by atoms with Crippen LogP contribution in [0.4, 0.5) is 11.4 Å². The van der Waals surface area contributed by atoms with Crippen LogP contribution in [-0.4, -0.2) is 11.8 Å². The van der Waals surface area contributed by atoms with Gasteiger partial charge in [-0.3, -0.25) is 9.59 Å². The van der Waals surface area contributed by atoms with Gasteiger partial charge in [0, 0.05) is 22.5 Å². The van der Waals surface area contributed by atoms with Gasteiger partial charge < -0.3 is 10.6 Å². The maximum absolute atomic E-state index is 12.7. The van der Waals surface area contributed by atoms with Crippen LogP contribution in [-0.2, 0) is 12.8 Å². The van der Waals surface area contributed by atoms with Gasteiger partial charge in [0.15, 0.2) is 0 Å². The van der Waals surface area contributed by atoms with Gasteiger partial charge >= 0.3 is 0 Å². The van der Waals surface area contributed by atoms with E-state index in [1.54, 1.807) is 0 Å². The van der Waals surface area contributed by atoms with Crippen molar-refractivity contribution in [2.45, 2.75) is 26.7 Å². The van der Waals surface area contributed by atoms with E-state index in [4.69, 9.17) is 0 Å². The summed E-state index contributed by atoms with van der Waals surface area (Å²) in [5.74, 6) is -0.247. The molecule has 170 valence electrons. The molecule has 0 atom stereocenters. The van der Waals surface area contributed by atoms with Gasteiger partial charge in [0.2, 0.25) is 0 Å². The molecule has 0 saturated carbocycles. The van der Waals surface area contributed by atoms with E-state index in [0.717, 1.165) is 46.5 Å². The molecular weight excluding hydrogens is 420 g/mol. The highest BCUT2D eigenvalue weighted by Gasteiger charge is 2.09. The van der Waals surface area contributed by atoms with Crippen LogP contribution in [0.2, 0.25) is 0 Å². The molecule has 0 fully saturated rings. The van der Waals surface area contributed by atoms with E-state index in [0.29, 0.717) is 11.1 Å². The highest BCUT2D eigenvalue weighted by atomic mass is 16.2. The molecule has 0 aromatic heterocycles. The van der Waals surface area contributed by atoms with Crippen LogP contribution < -0.4 is 10.6 Å². The number of anilines is 2. The van der Waals surface area contributed by atoms with Crippen LogP contribution in [0.1, 0.15) is 43.0 Å². The quantitative estimate of drug-likeness (QED) is 0.335. The molecule has 2 N–H and O–H groups in total. The van der Waals surface area contributed by atoms with Crippen LogP contribution in [0.3, 0.4) is 0 Å². The van der Waals surface area contributed by atoms with E-state index in [1.807, 2.05) is 111 Å². The van der Waals surface area contributed by atoms with Crippen LogP contribution in [0.15, 0.2) is 97.1 Å². The van der Waals surface area contributed by atoms with Gasteiger partial charge in [-0.15, -0.1) is 0 Å².